The second-order valence-electron chi connectivity index (χ2n) is 6.36. The minimum atomic E-state index is -0.420. The monoisotopic (exact) mass is 240 g/mol. The number of nitrogens with one attached hydrogen (secondary N) is 2. The highest BCUT2D eigenvalue weighted by molar-refractivity contribution is 5.69. The third-order valence-corrected chi connectivity index (χ3v) is 3.79. The molecule has 1 saturated carbocycles. The van der Waals surface area contributed by atoms with Gasteiger partial charge in [-0.1, -0.05) is 12.8 Å². The molecule has 2 fully saturated rings. The minimum absolute atomic E-state index is 0.0550. The summed E-state index contributed by atoms with van der Waals surface area (Å²) in [5.41, 5.74) is -0.475. The van der Waals surface area contributed by atoms with Gasteiger partial charge in [-0.3, -0.25) is 0 Å². The number of rotatable bonds is 1. The van der Waals surface area contributed by atoms with E-state index in [0.717, 1.165) is 19.5 Å². The van der Waals surface area contributed by atoms with E-state index in [1.54, 1.807) is 0 Å². The Labute approximate surface area is 103 Å². The third-order valence-electron chi connectivity index (χ3n) is 3.79. The lowest BCUT2D eigenvalue weighted by Gasteiger charge is -2.39. The fourth-order valence-electron chi connectivity index (χ4n) is 3.03. The van der Waals surface area contributed by atoms with Gasteiger partial charge in [-0.25, -0.2) is 4.79 Å². The van der Waals surface area contributed by atoms with Crippen LogP contribution in [-0.4, -0.2) is 30.3 Å². The van der Waals surface area contributed by atoms with Crippen LogP contribution in [0.25, 0.3) is 0 Å². The van der Waals surface area contributed by atoms with E-state index in [1.807, 2.05) is 20.8 Å². The molecule has 1 aliphatic heterocycles. The standard InChI is InChI=1S/C13H24N2O2/c1-12(2,3)17-11(16)15-13-7-5-4-6-10(13)8-14-9-13/h10,14H,4-9H2,1-3H3,(H,15,16)/t10-,13-/m0/s1. The van der Waals surface area contributed by atoms with Gasteiger partial charge in [0.25, 0.3) is 0 Å². The van der Waals surface area contributed by atoms with Gasteiger partial charge in [-0.15, -0.1) is 0 Å². The summed E-state index contributed by atoms with van der Waals surface area (Å²) in [4.78, 5) is 11.9. The predicted molar refractivity (Wildman–Crippen MR) is 66.9 cm³/mol. The number of hydrogen-bond donors (Lipinski definition) is 2. The van der Waals surface area contributed by atoms with Crippen LogP contribution in [0.3, 0.4) is 0 Å². The van der Waals surface area contributed by atoms with Crippen molar-refractivity contribution in [3.8, 4) is 0 Å². The molecule has 4 nitrogen and oxygen atoms in total. The highest BCUT2D eigenvalue weighted by Crippen LogP contribution is 2.36. The van der Waals surface area contributed by atoms with Crippen molar-refractivity contribution in [2.24, 2.45) is 5.92 Å². The number of ether oxygens (including phenoxy) is 1. The van der Waals surface area contributed by atoms with Gasteiger partial charge in [0.1, 0.15) is 5.60 Å². The minimum Gasteiger partial charge on any atom is -0.444 e. The molecule has 1 aliphatic carbocycles. The molecule has 0 unspecified atom stereocenters. The van der Waals surface area contributed by atoms with Gasteiger partial charge in [0, 0.05) is 13.1 Å². The largest absolute Gasteiger partial charge is 0.444 e. The SMILES string of the molecule is CC(C)(C)OC(=O)N[C@]12CCCC[C@H]1CNC2. The lowest BCUT2D eigenvalue weighted by molar-refractivity contribution is 0.0404. The van der Waals surface area contributed by atoms with Crippen LogP contribution in [0.4, 0.5) is 4.79 Å². The Morgan fingerprint density at radius 1 is 1.41 bits per heavy atom. The highest BCUT2D eigenvalue weighted by atomic mass is 16.6. The van der Waals surface area contributed by atoms with Crippen LogP contribution in [0.15, 0.2) is 0 Å². The lowest BCUT2D eigenvalue weighted by atomic mass is 9.75. The molecule has 0 radical (unpaired) electrons. The Balaban J connectivity index is 1.98. The molecule has 0 aromatic carbocycles. The van der Waals surface area contributed by atoms with E-state index in [9.17, 15) is 4.79 Å². The molecule has 17 heavy (non-hydrogen) atoms. The third kappa shape index (κ3) is 2.92. The maximum atomic E-state index is 11.9. The van der Waals surface area contributed by atoms with Gasteiger partial charge in [-0.2, -0.15) is 0 Å². The summed E-state index contributed by atoms with van der Waals surface area (Å²) in [5, 5.41) is 6.53. The molecule has 2 N–H and O–H groups in total. The van der Waals surface area contributed by atoms with E-state index in [1.165, 1.54) is 19.3 Å². The number of hydrogen-bond acceptors (Lipinski definition) is 3. The molecule has 0 aromatic rings. The van der Waals surface area contributed by atoms with Crippen LogP contribution in [0, 0.1) is 5.92 Å². The summed E-state index contributed by atoms with van der Waals surface area (Å²) in [6, 6.07) is 0. The van der Waals surface area contributed by atoms with Crippen LogP contribution in [0.2, 0.25) is 0 Å². The first kappa shape index (κ1) is 12.7. The van der Waals surface area contributed by atoms with Crippen molar-refractivity contribution < 1.29 is 9.53 Å². The molecule has 2 rings (SSSR count). The van der Waals surface area contributed by atoms with Gasteiger partial charge in [0.05, 0.1) is 5.54 Å². The molecule has 0 bridgehead atoms. The summed E-state index contributed by atoms with van der Waals surface area (Å²) >= 11 is 0. The zero-order valence-corrected chi connectivity index (χ0v) is 11.1. The molecule has 4 heteroatoms. The summed E-state index contributed by atoms with van der Waals surface area (Å²) in [7, 11) is 0. The van der Waals surface area contributed by atoms with Crippen molar-refractivity contribution in [3.63, 3.8) is 0 Å². The quantitative estimate of drug-likeness (QED) is 0.737. The van der Waals surface area contributed by atoms with Crippen LogP contribution in [0.1, 0.15) is 46.5 Å². The predicted octanol–water partition coefficient (Wildman–Crippen LogP) is 2.04. The second kappa shape index (κ2) is 4.48. The highest BCUT2D eigenvalue weighted by Gasteiger charge is 2.45. The summed E-state index contributed by atoms with van der Waals surface area (Å²) < 4.78 is 5.37. The molecule has 2 aliphatic rings. The topological polar surface area (TPSA) is 50.4 Å². The van der Waals surface area contributed by atoms with Crippen molar-refractivity contribution in [1.82, 2.24) is 10.6 Å². The van der Waals surface area contributed by atoms with E-state index < -0.39 is 5.60 Å². The number of alkyl carbamates (subject to hydrolysis) is 1. The Bertz CT molecular complexity index is 298. The van der Waals surface area contributed by atoms with Gasteiger partial charge < -0.3 is 15.4 Å². The van der Waals surface area contributed by atoms with Gasteiger partial charge in [0.2, 0.25) is 0 Å². The molecule has 1 heterocycles. The Hall–Kier alpha value is -0.770. The van der Waals surface area contributed by atoms with E-state index in [0.29, 0.717) is 5.92 Å². The molecular formula is C13H24N2O2. The number of fused-ring (bicyclic) bond motifs is 1. The number of carbonyl (C=O) groups excluding carboxylic acids is 1. The zero-order chi connectivity index (χ0) is 12.5. The van der Waals surface area contributed by atoms with Crippen molar-refractivity contribution in [1.29, 1.82) is 0 Å². The molecule has 1 saturated heterocycles. The van der Waals surface area contributed by atoms with Crippen molar-refractivity contribution >= 4 is 6.09 Å². The molecular weight excluding hydrogens is 216 g/mol. The lowest BCUT2D eigenvalue weighted by Crippen LogP contribution is -2.56. The summed E-state index contributed by atoms with van der Waals surface area (Å²) in [6.07, 6.45) is 4.50. The van der Waals surface area contributed by atoms with Crippen LogP contribution in [-0.2, 0) is 4.74 Å². The van der Waals surface area contributed by atoms with E-state index in [4.69, 9.17) is 4.74 Å². The zero-order valence-electron chi connectivity index (χ0n) is 11.1. The fraction of sp³-hybridized carbons (Fsp3) is 0.923. The maximum absolute atomic E-state index is 11.9. The molecule has 0 aromatic heterocycles. The van der Waals surface area contributed by atoms with Crippen LogP contribution >= 0.6 is 0 Å². The van der Waals surface area contributed by atoms with Crippen molar-refractivity contribution in [3.05, 3.63) is 0 Å². The van der Waals surface area contributed by atoms with Crippen molar-refractivity contribution in [2.75, 3.05) is 13.1 Å². The average Bonchev–Trinajstić information content (AvgIpc) is 2.57. The summed E-state index contributed by atoms with van der Waals surface area (Å²) in [5.74, 6) is 0.573. The first-order chi connectivity index (χ1) is 7.91. The Morgan fingerprint density at radius 2 is 2.18 bits per heavy atom. The Morgan fingerprint density at radius 3 is 2.88 bits per heavy atom. The van der Waals surface area contributed by atoms with Crippen LogP contribution in [0.5, 0.6) is 0 Å². The van der Waals surface area contributed by atoms with Crippen molar-refractivity contribution in [2.45, 2.75) is 57.6 Å². The first-order valence-electron chi connectivity index (χ1n) is 6.63. The molecule has 2 atom stereocenters. The maximum Gasteiger partial charge on any atom is 0.408 e. The van der Waals surface area contributed by atoms with E-state index >= 15 is 0 Å². The van der Waals surface area contributed by atoms with Crippen LogP contribution < -0.4 is 10.6 Å². The number of carbonyl (C=O) groups is 1. The average molecular weight is 240 g/mol. The molecule has 98 valence electrons. The normalized spacial score (nSPS) is 33.0. The second-order valence-corrected chi connectivity index (χ2v) is 6.36. The Kier molecular flexibility index (Phi) is 3.34. The van der Waals surface area contributed by atoms with Gasteiger partial charge in [0.15, 0.2) is 0 Å². The smallest absolute Gasteiger partial charge is 0.408 e. The molecule has 1 amide bonds. The number of amides is 1. The van der Waals surface area contributed by atoms with Gasteiger partial charge in [-0.05, 0) is 39.5 Å². The van der Waals surface area contributed by atoms with E-state index in [-0.39, 0.29) is 11.6 Å². The van der Waals surface area contributed by atoms with E-state index in [2.05, 4.69) is 10.6 Å². The molecule has 0 spiro atoms. The first-order valence-corrected chi connectivity index (χ1v) is 6.63. The fourth-order valence-corrected chi connectivity index (χ4v) is 3.03. The van der Waals surface area contributed by atoms with Gasteiger partial charge >= 0.3 is 6.09 Å². The summed E-state index contributed by atoms with van der Waals surface area (Å²) in [6.45, 7) is 7.60.